The van der Waals surface area contributed by atoms with E-state index in [9.17, 15) is 20.4 Å². The number of likely N-dealkylation sites (tertiary alicyclic amines) is 1. The summed E-state index contributed by atoms with van der Waals surface area (Å²) in [7, 11) is 0. The van der Waals surface area contributed by atoms with Crippen molar-refractivity contribution in [3.8, 4) is 11.3 Å². The maximum absolute atomic E-state index is 10.0. The number of β-amino-alcohol motifs (C(OH)–C–C–N with tert-alkyl or cyclic N) is 1. The van der Waals surface area contributed by atoms with Gasteiger partial charge in [-0.25, -0.2) is 0 Å². The number of halogens is 1. The minimum atomic E-state index is -1.21. The third kappa shape index (κ3) is 6.35. The van der Waals surface area contributed by atoms with Crippen LogP contribution in [-0.2, 0) is 0 Å². The molecule has 9 heteroatoms. The molecule has 2 aromatic rings. The molecule has 31 heavy (non-hydrogen) atoms. The van der Waals surface area contributed by atoms with E-state index in [1.807, 2.05) is 35.2 Å². The number of unbranched alkanes of at least 4 members (excludes halogenated alkanes) is 3. The van der Waals surface area contributed by atoms with Gasteiger partial charge >= 0.3 is 0 Å². The molecule has 5 N–H and O–H groups in total. The lowest BCUT2D eigenvalue weighted by Gasteiger charge is -2.43. The zero-order chi connectivity index (χ0) is 22.2. The Morgan fingerprint density at radius 2 is 1.87 bits per heavy atom. The summed E-state index contributed by atoms with van der Waals surface area (Å²) >= 11 is 6.39. The molecule has 0 saturated carbocycles. The molecule has 1 fully saturated rings. The molecular weight excluding hydrogens is 420 g/mol. The second kappa shape index (κ2) is 11.7. The van der Waals surface area contributed by atoms with Gasteiger partial charge in [0, 0.05) is 24.8 Å². The number of hydrogen-bond acceptors (Lipinski definition) is 8. The number of hydrogen-bond donors (Lipinski definition) is 5. The van der Waals surface area contributed by atoms with Gasteiger partial charge < -0.3 is 25.7 Å². The lowest BCUT2D eigenvalue weighted by Crippen LogP contribution is -2.62. The van der Waals surface area contributed by atoms with Crippen LogP contribution in [0.25, 0.3) is 11.3 Å². The van der Waals surface area contributed by atoms with E-state index in [0.717, 1.165) is 49.2 Å². The third-order valence-corrected chi connectivity index (χ3v) is 6.05. The summed E-state index contributed by atoms with van der Waals surface area (Å²) in [6.45, 7) is 1.48. The summed E-state index contributed by atoms with van der Waals surface area (Å²) in [4.78, 5) is 1.86. The van der Waals surface area contributed by atoms with E-state index in [0.29, 0.717) is 11.6 Å². The maximum atomic E-state index is 10.0. The normalized spacial score (nSPS) is 24.3. The molecule has 4 atom stereocenters. The number of nitrogens with zero attached hydrogens (tertiary/aromatic N) is 3. The number of piperidine rings is 1. The molecule has 0 bridgehead atoms. The highest BCUT2D eigenvalue weighted by atomic mass is 35.5. The Kier molecular flexibility index (Phi) is 9.01. The van der Waals surface area contributed by atoms with Crippen LogP contribution in [0.4, 0.5) is 5.69 Å². The average Bonchev–Trinajstić information content (AvgIpc) is 2.78. The van der Waals surface area contributed by atoms with Gasteiger partial charge in [0.05, 0.1) is 35.2 Å². The fraction of sp³-hybridized carbons (Fsp3) is 0.545. The first-order valence-electron chi connectivity index (χ1n) is 10.7. The van der Waals surface area contributed by atoms with E-state index >= 15 is 0 Å². The topological polar surface area (TPSA) is 122 Å². The molecule has 1 aromatic carbocycles. The second-order valence-electron chi connectivity index (χ2n) is 7.94. The van der Waals surface area contributed by atoms with E-state index in [1.165, 1.54) is 0 Å². The summed E-state index contributed by atoms with van der Waals surface area (Å²) in [5, 5.41) is 51.1. The van der Waals surface area contributed by atoms with Gasteiger partial charge in [-0.1, -0.05) is 30.5 Å². The van der Waals surface area contributed by atoms with E-state index in [4.69, 9.17) is 11.6 Å². The molecule has 0 radical (unpaired) electrons. The van der Waals surface area contributed by atoms with Gasteiger partial charge in [0.2, 0.25) is 0 Å². The zero-order valence-electron chi connectivity index (χ0n) is 17.4. The third-order valence-electron chi connectivity index (χ3n) is 5.74. The molecule has 1 aliphatic rings. The number of aromatic nitrogens is 2. The van der Waals surface area contributed by atoms with Crippen molar-refractivity contribution in [3.63, 3.8) is 0 Å². The highest BCUT2D eigenvalue weighted by Crippen LogP contribution is 2.27. The van der Waals surface area contributed by atoms with Crippen LogP contribution in [0, 0.1) is 0 Å². The van der Waals surface area contributed by atoms with Gasteiger partial charge in [0.1, 0.15) is 12.2 Å². The summed E-state index contributed by atoms with van der Waals surface area (Å²) in [5.74, 6) is 0. The summed E-state index contributed by atoms with van der Waals surface area (Å²) in [5.41, 5.74) is 2.59. The molecule has 0 unspecified atom stereocenters. The van der Waals surface area contributed by atoms with Gasteiger partial charge in [0.25, 0.3) is 0 Å². The van der Waals surface area contributed by atoms with Crippen molar-refractivity contribution >= 4 is 17.3 Å². The van der Waals surface area contributed by atoms with Crippen molar-refractivity contribution in [1.29, 1.82) is 0 Å². The van der Waals surface area contributed by atoms with Crippen molar-refractivity contribution in [2.75, 3.05) is 31.6 Å². The summed E-state index contributed by atoms with van der Waals surface area (Å²) < 4.78 is 0. The molecule has 3 rings (SSSR count). The molecule has 8 nitrogen and oxygen atoms in total. The highest BCUT2D eigenvalue weighted by molar-refractivity contribution is 6.33. The van der Waals surface area contributed by atoms with E-state index in [2.05, 4.69) is 15.5 Å². The standard InChI is InChI=1S/C22H31ClN4O4/c23-16-12-15(17-6-5-10-25-26-17)7-8-18(16)24-9-3-1-2-4-11-27-13-20(29)22(31)21(30)19(27)14-28/h5-8,10,12,19-22,24,28-31H,1-4,9,11,13-14H2/t19-,20+,21-,22-/m1/s1. The number of anilines is 1. The van der Waals surface area contributed by atoms with Crippen molar-refractivity contribution in [2.24, 2.45) is 0 Å². The minimum absolute atomic E-state index is 0.245. The molecule has 2 heterocycles. The van der Waals surface area contributed by atoms with Gasteiger partial charge in [-0.3, -0.25) is 4.90 Å². The molecule has 0 spiro atoms. The van der Waals surface area contributed by atoms with E-state index in [-0.39, 0.29) is 13.2 Å². The number of rotatable bonds is 10. The van der Waals surface area contributed by atoms with Gasteiger partial charge in [-0.05, 0) is 43.7 Å². The SMILES string of the molecule is OC[C@@H]1[C@@H](O)[C@H](O)[C@@H](O)CN1CCCCCCNc1ccc(-c2cccnn2)cc1Cl. The Labute approximate surface area is 187 Å². The summed E-state index contributed by atoms with van der Waals surface area (Å²) in [6.07, 6.45) is 2.18. The van der Waals surface area contributed by atoms with Crippen molar-refractivity contribution in [1.82, 2.24) is 15.1 Å². The Hall–Kier alpha value is -1.81. The quantitative estimate of drug-likeness (QED) is 0.345. The smallest absolute Gasteiger partial charge is 0.109 e. The number of benzene rings is 1. The van der Waals surface area contributed by atoms with Gasteiger partial charge in [0.15, 0.2) is 0 Å². The fourth-order valence-electron chi connectivity index (χ4n) is 3.93. The first kappa shape index (κ1) is 23.8. The van der Waals surface area contributed by atoms with Crippen LogP contribution in [0.3, 0.4) is 0 Å². The monoisotopic (exact) mass is 450 g/mol. The number of nitrogens with one attached hydrogen (secondary N) is 1. The average molecular weight is 451 g/mol. The lowest BCUT2D eigenvalue weighted by molar-refractivity contribution is -0.145. The molecule has 1 aliphatic heterocycles. The summed E-state index contributed by atoms with van der Waals surface area (Å²) in [6, 6.07) is 8.99. The molecule has 1 saturated heterocycles. The van der Waals surface area contributed by atoms with Crippen LogP contribution in [-0.4, -0.2) is 86.1 Å². The fourth-order valence-corrected chi connectivity index (χ4v) is 4.17. The predicted molar refractivity (Wildman–Crippen MR) is 120 cm³/mol. The maximum Gasteiger partial charge on any atom is 0.109 e. The van der Waals surface area contributed by atoms with Crippen LogP contribution in [0.1, 0.15) is 25.7 Å². The van der Waals surface area contributed by atoms with Crippen LogP contribution in [0.15, 0.2) is 36.5 Å². The lowest BCUT2D eigenvalue weighted by atomic mass is 9.94. The van der Waals surface area contributed by atoms with Gasteiger partial charge in [-0.15, -0.1) is 0 Å². The number of aliphatic hydroxyl groups is 4. The Morgan fingerprint density at radius 3 is 2.58 bits per heavy atom. The van der Waals surface area contributed by atoms with Crippen molar-refractivity contribution in [2.45, 2.75) is 50.0 Å². The van der Waals surface area contributed by atoms with Crippen molar-refractivity contribution in [3.05, 3.63) is 41.6 Å². The largest absolute Gasteiger partial charge is 0.395 e. The van der Waals surface area contributed by atoms with Crippen LogP contribution in [0.2, 0.25) is 5.02 Å². The first-order chi connectivity index (χ1) is 15.0. The van der Waals surface area contributed by atoms with Crippen LogP contribution < -0.4 is 5.32 Å². The van der Waals surface area contributed by atoms with Crippen LogP contribution in [0.5, 0.6) is 0 Å². The Bertz CT molecular complexity index is 813. The first-order valence-corrected chi connectivity index (χ1v) is 11.1. The Balaban J connectivity index is 1.35. The van der Waals surface area contributed by atoms with Gasteiger partial charge in [-0.2, -0.15) is 10.2 Å². The van der Waals surface area contributed by atoms with Crippen molar-refractivity contribution < 1.29 is 20.4 Å². The zero-order valence-corrected chi connectivity index (χ0v) is 18.2. The predicted octanol–water partition coefficient (Wildman–Crippen LogP) is 1.53. The van der Waals surface area contributed by atoms with E-state index < -0.39 is 24.4 Å². The second-order valence-corrected chi connectivity index (χ2v) is 8.35. The molecule has 0 aliphatic carbocycles. The van der Waals surface area contributed by atoms with Crippen LogP contribution >= 0.6 is 11.6 Å². The molecule has 170 valence electrons. The molecule has 0 amide bonds. The van der Waals surface area contributed by atoms with E-state index in [1.54, 1.807) is 6.20 Å². The molecule has 1 aromatic heterocycles. The molecular formula is C22H31ClN4O4. The number of aliphatic hydroxyl groups excluding tert-OH is 4. The highest BCUT2D eigenvalue weighted by Gasteiger charge is 2.40. The minimum Gasteiger partial charge on any atom is -0.395 e. The Morgan fingerprint density at radius 1 is 1.06 bits per heavy atom.